The molecule has 0 bridgehead atoms. The number of carbonyl (C=O) groups is 2. The van der Waals surface area contributed by atoms with Crippen molar-refractivity contribution in [2.24, 2.45) is 0 Å². The minimum atomic E-state index is -0.291. The van der Waals surface area contributed by atoms with Crippen LogP contribution in [0.4, 0.5) is 4.39 Å². The van der Waals surface area contributed by atoms with Crippen LogP contribution in [-0.4, -0.2) is 29.8 Å². The number of nitrogens with zero attached hydrogens (tertiary/aromatic N) is 1. The molecular weight excluding hydrogens is 319 g/mol. The van der Waals surface area contributed by atoms with Crippen LogP contribution >= 0.6 is 0 Å². The number of benzene rings is 1. The summed E-state index contributed by atoms with van der Waals surface area (Å²) >= 11 is 0. The minimum absolute atomic E-state index is 0.00254. The second-order valence-electron chi connectivity index (χ2n) is 6.52. The van der Waals surface area contributed by atoms with Crippen LogP contribution in [-0.2, 0) is 16.1 Å². The molecule has 0 saturated carbocycles. The van der Waals surface area contributed by atoms with Crippen molar-refractivity contribution in [2.45, 2.75) is 52.0 Å². The maximum absolute atomic E-state index is 12.8. The van der Waals surface area contributed by atoms with Crippen LogP contribution in [0, 0.1) is 5.82 Å². The van der Waals surface area contributed by atoms with Gasteiger partial charge < -0.3 is 10.2 Å². The summed E-state index contributed by atoms with van der Waals surface area (Å²) in [6.45, 7) is 3.02. The van der Waals surface area contributed by atoms with Crippen molar-refractivity contribution in [3.63, 3.8) is 0 Å². The van der Waals surface area contributed by atoms with E-state index >= 15 is 0 Å². The summed E-state index contributed by atoms with van der Waals surface area (Å²) in [5.41, 5.74) is 2.28. The smallest absolute Gasteiger partial charge is 0.222 e. The molecule has 1 aromatic rings. The quantitative estimate of drug-likeness (QED) is 0.732. The molecule has 0 aliphatic heterocycles. The molecule has 1 N–H and O–H groups in total. The third kappa shape index (κ3) is 7.08. The van der Waals surface area contributed by atoms with Gasteiger partial charge >= 0.3 is 0 Å². The van der Waals surface area contributed by atoms with Crippen molar-refractivity contribution < 1.29 is 14.0 Å². The molecule has 0 radical (unpaired) electrons. The van der Waals surface area contributed by atoms with Crippen LogP contribution < -0.4 is 5.32 Å². The third-order valence-electron chi connectivity index (χ3n) is 4.54. The number of allylic oxidation sites excluding steroid dienone is 1. The highest BCUT2D eigenvalue weighted by Gasteiger charge is 2.13. The summed E-state index contributed by atoms with van der Waals surface area (Å²) in [6.07, 6.45) is 8.23. The van der Waals surface area contributed by atoms with E-state index in [1.807, 2.05) is 0 Å². The van der Waals surface area contributed by atoms with Crippen LogP contribution in [0.1, 0.15) is 51.0 Å². The van der Waals surface area contributed by atoms with E-state index in [4.69, 9.17) is 0 Å². The van der Waals surface area contributed by atoms with Crippen molar-refractivity contribution in [3.8, 4) is 0 Å². The summed E-state index contributed by atoms with van der Waals surface area (Å²) in [7, 11) is 0. The number of amides is 2. The number of carbonyl (C=O) groups excluding carboxylic acids is 2. The maximum Gasteiger partial charge on any atom is 0.222 e. The Hall–Kier alpha value is -2.17. The lowest BCUT2D eigenvalue weighted by Gasteiger charge is -2.22. The molecule has 5 heteroatoms. The van der Waals surface area contributed by atoms with Crippen LogP contribution in [0.2, 0.25) is 0 Å². The van der Waals surface area contributed by atoms with Crippen molar-refractivity contribution in [1.29, 1.82) is 0 Å². The standard InChI is InChI=1S/C20H27FN2O2/c1-16(24)23(13-11-17-5-3-2-4-6-17)14-12-20(25)22-15-18-7-9-19(21)10-8-18/h5,7-10H,2-4,6,11-15H2,1H3,(H,22,25). The first-order chi connectivity index (χ1) is 12.0. The fourth-order valence-electron chi connectivity index (χ4n) is 2.96. The topological polar surface area (TPSA) is 49.4 Å². The molecule has 0 unspecified atom stereocenters. The average Bonchev–Trinajstić information content (AvgIpc) is 2.61. The predicted octanol–water partition coefficient (Wildman–Crippen LogP) is 3.57. The highest BCUT2D eigenvalue weighted by atomic mass is 19.1. The van der Waals surface area contributed by atoms with Crippen molar-refractivity contribution >= 4 is 11.8 Å². The van der Waals surface area contributed by atoms with Gasteiger partial charge in [0.2, 0.25) is 11.8 Å². The lowest BCUT2D eigenvalue weighted by Crippen LogP contribution is -2.34. The minimum Gasteiger partial charge on any atom is -0.352 e. The monoisotopic (exact) mass is 346 g/mol. The number of rotatable bonds is 8. The molecule has 4 nitrogen and oxygen atoms in total. The van der Waals surface area contributed by atoms with Gasteiger partial charge in [0.05, 0.1) is 0 Å². The van der Waals surface area contributed by atoms with Gasteiger partial charge in [-0.25, -0.2) is 4.39 Å². The van der Waals surface area contributed by atoms with E-state index in [9.17, 15) is 14.0 Å². The van der Waals surface area contributed by atoms with Crippen LogP contribution in [0.15, 0.2) is 35.9 Å². The van der Waals surface area contributed by atoms with E-state index in [0.717, 1.165) is 24.8 Å². The molecule has 1 aliphatic carbocycles. The Morgan fingerprint density at radius 1 is 1.16 bits per heavy atom. The van der Waals surface area contributed by atoms with Gasteiger partial charge in [0.25, 0.3) is 0 Å². The van der Waals surface area contributed by atoms with Gasteiger partial charge in [0.15, 0.2) is 0 Å². The first-order valence-electron chi connectivity index (χ1n) is 8.99. The molecule has 0 saturated heterocycles. The number of hydrogen-bond donors (Lipinski definition) is 1. The summed E-state index contributed by atoms with van der Waals surface area (Å²) in [5.74, 6) is -0.393. The predicted molar refractivity (Wildman–Crippen MR) is 96.3 cm³/mol. The molecular formula is C20H27FN2O2. The Morgan fingerprint density at radius 3 is 2.56 bits per heavy atom. The first kappa shape index (κ1) is 19.2. The highest BCUT2D eigenvalue weighted by Crippen LogP contribution is 2.20. The molecule has 2 amide bonds. The molecule has 0 fully saturated rings. The van der Waals surface area contributed by atoms with Gasteiger partial charge in [-0.15, -0.1) is 0 Å². The fraction of sp³-hybridized carbons (Fsp3) is 0.500. The molecule has 25 heavy (non-hydrogen) atoms. The van der Waals surface area contributed by atoms with Gasteiger partial charge in [-0.3, -0.25) is 9.59 Å². The molecule has 0 spiro atoms. The van der Waals surface area contributed by atoms with E-state index in [2.05, 4.69) is 11.4 Å². The summed E-state index contributed by atoms with van der Waals surface area (Å²) in [6, 6.07) is 6.04. The number of halogens is 1. The Balaban J connectivity index is 1.71. The van der Waals surface area contributed by atoms with E-state index in [0.29, 0.717) is 19.6 Å². The van der Waals surface area contributed by atoms with Crippen molar-refractivity contribution in [3.05, 3.63) is 47.3 Å². The third-order valence-corrected chi connectivity index (χ3v) is 4.54. The average molecular weight is 346 g/mol. The molecule has 1 aliphatic rings. The normalized spacial score (nSPS) is 13.9. The lowest BCUT2D eigenvalue weighted by molar-refractivity contribution is -0.129. The van der Waals surface area contributed by atoms with Crippen LogP contribution in [0.3, 0.4) is 0 Å². The SMILES string of the molecule is CC(=O)N(CCC(=O)NCc1ccc(F)cc1)CCC1=CCCCC1. The summed E-state index contributed by atoms with van der Waals surface area (Å²) in [5, 5.41) is 2.81. The van der Waals surface area contributed by atoms with E-state index in [-0.39, 0.29) is 24.1 Å². The highest BCUT2D eigenvalue weighted by molar-refractivity contribution is 5.78. The van der Waals surface area contributed by atoms with Gasteiger partial charge in [0.1, 0.15) is 5.82 Å². The Bertz CT molecular complexity index is 611. The largest absolute Gasteiger partial charge is 0.352 e. The number of nitrogens with one attached hydrogen (secondary N) is 1. The molecule has 2 rings (SSSR count). The van der Waals surface area contributed by atoms with Gasteiger partial charge in [-0.1, -0.05) is 23.8 Å². The zero-order valence-electron chi connectivity index (χ0n) is 14.9. The number of hydrogen-bond acceptors (Lipinski definition) is 2. The van der Waals surface area contributed by atoms with Gasteiger partial charge in [-0.2, -0.15) is 0 Å². The molecule has 0 atom stereocenters. The molecule has 136 valence electrons. The lowest BCUT2D eigenvalue weighted by atomic mass is 9.97. The van der Waals surface area contributed by atoms with E-state index in [1.165, 1.54) is 30.5 Å². The zero-order chi connectivity index (χ0) is 18.1. The molecule has 0 heterocycles. The second-order valence-corrected chi connectivity index (χ2v) is 6.52. The van der Waals surface area contributed by atoms with Crippen LogP contribution in [0.5, 0.6) is 0 Å². The zero-order valence-corrected chi connectivity index (χ0v) is 14.9. The van der Waals surface area contributed by atoms with Crippen molar-refractivity contribution in [1.82, 2.24) is 10.2 Å². The van der Waals surface area contributed by atoms with E-state index < -0.39 is 0 Å². The fourth-order valence-corrected chi connectivity index (χ4v) is 2.96. The molecule has 0 aromatic heterocycles. The van der Waals surface area contributed by atoms with Gasteiger partial charge in [0, 0.05) is 33.0 Å². The summed E-state index contributed by atoms with van der Waals surface area (Å²) in [4.78, 5) is 25.5. The second kappa shape index (κ2) is 9.97. The van der Waals surface area contributed by atoms with Gasteiger partial charge in [-0.05, 0) is 49.8 Å². The van der Waals surface area contributed by atoms with Crippen molar-refractivity contribution in [2.75, 3.05) is 13.1 Å². The Labute approximate surface area is 149 Å². The van der Waals surface area contributed by atoms with Crippen LogP contribution in [0.25, 0.3) is 0 Å². The first-order valence-corrected chi connectivity index (χ1v) is 8.99. The molecule has 1 aromatic carbocycles. The van der Waals surface area contributed by atoms with E-state index in [1.54, 1.807) is 24.0 Å². The Kier molecular flexibility index (Phi) is 7.64. The Morgan fingerprint density at radius 2 is 1.92 bits per heavy atom. The maximum atomic E-state index is 12.8. The summed E-state index contributed by atoms with van der Waals surface area (Å²) < 4.78 is 12.8.